The molecule has 0 N–H and O–H groups in total. The third-order valence-electron chi connectivity index (χ3n) is 6.36. The van der Waals surface area contributed by atoms with Crippen LogP contribution in [-0.2, 0) is 16.1 Å². The second-order valence-corrected chi connectivity index (χ2v) is 8.40. The number of piperidine rings is 1. The molecular formula is C22H30N2O2. The summed E-state index contributed by atoms with van der Waals surface area (Å²) >= 11 is 0. The van der Waals surface area contributed by atoms with Gasteiger partial charge in [-0.1, -0.05) is 30.3 Å². The molecule has 3 aliphatic rings. The van der Waals surface area contributed by atoms with Gasteiger partial charge < -0.3 is 9.80 Å². The number of carbonyl (C=O) groups excluding carboxylic acids is 2. The van der Waals surface area contributed by atoms with Gasteiger partial charge in [0.25, 0.3) is 0 Å². The van der Waals surface area contributed by atoms with Gasteiger partial charge in [0.05, 0.1) is 0 Å². The molecule has 0 bridgehead atoms. The summed E-state index contributed by atoms with van der Waals surface area (Å²) in [5, 5.41) is 0. The molecule has 0 spiro atoms. The molecule has 1 saturated heterocycles. The molecule has 26 heavy (non-hydrogen) atoms. The van der Waals surface area contributed by atoms with Gasteiger partial charge in [-0.15, -0.1) is 0 Å². The van der Waals surface area contributed by atoms with Crippen LogP contribution in [0.4, 0.5) is 0 Å². The van der Waals surface area contributed by atoms with Crippen molar-refractivity contribution in [2.24, 2.45) is 17.8 Å². The van der Waals surface area contributed by atoms with E-state index in [4.69, 9.17) is 0 Å². The van der Waals surface area contributed by atoms with E-state index in [9.17, 15) is 9.59 Å². The van der Waals surface area contributed by atoms with Gasteiger partial charge in [0, 0.05) is 37.5 Å². The van der Waals surface area contributed by atoms with E-state index in [1.165, 1.54) is 18.4 Å². The van der Waals surface area contributed by atoms with Gasteiger partial charge in [-0.3, -0.25) is 9.59 Å². The molecule has 1 aromatic carbocycles. The van der Waals surface area contributed by atoms with Crippen molar-refractivity contribution >= 4 is 11.8 Å². The van der Waals surface area contributed by atoms with Gasteiger partial charge in [-0.25, -0.2) is 0 Å². The van der Waals surface area contributed by atoms with Crippen molar-refractivity contribution in [3.8, 4) is 0 Å². The topological polar surface area (TPSA) is 40.6 Å². The highest BCUT2D eigenvalue weighted by atomic mass is 16.2. The van der Waals surface area contributed by atoms with E-state index in [-0.39, 0.29) is 11.8 Å². The maximum Gasteiger partial charge on any atom is 0.226 e. The minimum absolute atomic E-state index is 0.0724. The lowest BCUT2D eigenvalue weighted by Crippen LogP contribution is -2.47. The van der Waals surface area contributed by atoms with Crippen LogP contribution in [0.5, 0.6) is 0 Å². The highest BCUT2D eigenvalue weighted by Crippen LogP contribution is 2.37. The minimum Gasteiger partial charge on any atom is -0.342 e. The molecule has 1 unspecified atom stereocenters. The third-order valence-corrected chi connectivity index (χ3v) is 6.36. The normalized spacial score (nSPS) is 22.1. The lowest BCUT2D eigenvalue weighted by molar-refractivity contribution is -0.143. The maximum absolute atomic E-state index is 13.3. The predicted molar refractivity (Wildman–Crippen MR) is 101 cm³/mol. The predicted octanol–water partition coefficient (Wildman–Crippen LogP) is 3.46. The van der Waals surface area contributed by atoms with Crippen molar-refractivity contribution in [1.82, 2.24) is 9.80 Å². The summed E-state index contributed by atoms with van der Waals surface area (Å²) in [5.41, 5.74) is 1.20. The standard InChI is InChI=1S/C22H30N2O2/c1-16(18-7-8-18)24(15-17-5-3-2-4-6-17)22(26)20-11-13-23(14-12-20)21(25)19-9-10-19/h2-6,16,18-20H,7-15H2,1H3. The minimum atomic E-state index is 0.0724. The first kappa shape index (κ1) is 17.6. The number of likely N-dealkylation sites (tertiary alicyclic amines) is 1. The highest BCUT2D eigenvalue weighted by molar-refractivity contribution is 5.82. The molecule has 140 valence electrons. The van der Waals surface area contributed by atoms with Crippen molar-refractivity contribution < 1.29 is 9.59 Å². The zero-order chi connectivity index (χ0) is 18.1. The van der Waals surface area contributed by atoms with Crippen LogP contribution in [0, 0.1) is 17.8 Å². The number of hydrogen-bond acceptors (Lipinski definition) is 2. The molecule has 4 heteroatoms. The molecule has 2 amide bonds. The van der Waals surface area contributed by atoms with E-state index >= 15 is 0 Å². The molecule has 3 fully saturated rings. The first-order chi connectivity index (χ1) is 12.6. The fourth-order valence-electron chi connectivity index (χ4n) is 4.21. The Morgan fingerprint density at radius 3 is 2.23 bits per heavy atom. The molecule has 1 heterocycles. The molecule has 1 aromatic rings. The van der Waals surface area contributed by atoms with Gasteiger partial charge in [-0.2, -0.15) is 0 Å². The Morgan fingerprint density at radius 1 is 1.00 bits per heavy atom. The van der Waals surface area contributed by atoms with Crippen LogP contribution < -0.4 is 0 Å². The lowest BCUT2D eigenvalue weighted by atomic mass is 9.93. The number of hydrogen-bond donors (Lipinski definition) is 0. The smallest absolute Gasteiger partial charge is 0.226 e. The summed E-state index contributed by atoms with van der Waals surface area (Å²) in [4.78, 5) is 29.7. The van der Waals surface area contributed by atoms with Crippen molar-refractivity contribution in [2.75, 3.05) is 13.1 Å². The van der Waals surface area contributed by atoms with E-state index in [0.717, 1.165) is 38.8 Å². The molecule has 1 atom stereocenters. The number of benzene rings is 1. The Labute approximate surface area is 156 Å². The number of amides is 2. The zero-order valence-electron chi connectivity index (χ0n) is 15.8. The lowest BCUT2D eigenvalue weighted by Gasteiger charge is -2.37. The molecule has 1 aliphatic heterocycles. The van der Waals surface area contributed by atoms with Crippen LogP contribution >= 0.6 is 0 Å². The molecule has 2 aliphatic carbocycles. The Balaban J connectivity index is 1.40. The third kappa shape index (κ3) is 3.94. The molecule has 0 aromatic heterocycles. The van der Waals surface area contributed by atoms with Crippen LogP contribution in [0.3, 0.4) is 0 Å². The van der Waals surface area contributed by atoms with Crippen molar-refractivity contribution in [2.45, 2.75) is 58.0 Å². The fourth-order valence-corrected chi connectivity index (χ4v) is 4.21. The Bertz CT molecular complexity index is 643. The molecule has 4 rings (SSSR count). The van der Waals surface area contributed by atoms with Crippen molar-refractivity contribution in [3.63, 3.8) is 0 Å². The number of carbonyl (C=O) groups is 2. The molecule has 2 saturated carbocycles. The largest absolute Gasteiger partial charge is 0.342 e. The summed E-state index contributed by atoms with van der Waals surface area (Å²) in [6.45, 7) is 4.42. The van der Waals surface area contributed by atoms with Crippen LogP contribution in [0.2, 0.25) is 0 Å². The second kappa shape index (κ2) is 7.42. The van der Waals surface area contributed by atoms with Crippen molar-refractivity contribution in [3.05, 3.63) is 35.9 Å². The highest BCUT2D eigenvalue weighted by Gasteiger charge is 2.39. The quantitative estimate of drug-likeness (QED) is 0.785. The summed E-state index contributed by atoms with van der Waals surface area (Å²) in [6, 6.07) is 10.6. The Hall–Kier alpha value is -1.84. The monoisotopic (exact) mass is 354 g/mol. The summed E-state index contributed by atoms with van der Waals surface area (Å²) in [5.74, 6) is 1.64. The van der Waals surface area contributed by atoms with Gasteiger partial charge >= 0.3 is 0 Å². The average Bonchev–Trinajstić information content (AvgIpc) is 3.58. The zero-order valence-corrected chi connectivity index (χ0v) is 15.8. The summed E-state index contributed by atoms with van der Waals surface area (Å²) in [6.07, 6.45) is 6.24. The Kier molecular flexibility index (Phi) is 5.01. The first-order valence-electron chi connectivity index (χ1n) is 10.3. The molecule has 4 nitrogen and oxygen atoms in total. The van der Waals surface area contributed by atoms with Gasteiger partial charge in [0.1, 0.15) is 0 Å². The van der Waals surface area contributed by atoms with E-state index in [2.05, 4.69) is 24.0 Å². The van der Waals surface area contributed by atoms with Gasteiger partial charge in [0.2, 0.25) is 11.8 Å². The van der Waals surface area contributed by atoms with E-state index in [0.29, 0.717) is 30.3 Å². The number of rotatable bonds is 6. The van der Waals surface area contributed by atoms with Crippen LogP contribution in [-0.4, -0.2) is 40.7 Å². The van der Waals surface area contributed by atoms with E-state index < -0.39 is 0 Å². The fraction of sp³-hybridized carbons (Fsp3) is 0.636. The average molecular weight is 354 g/mol. The number of nitrogens with zero attached hydrogens (tertiary/aromatic N) is 2. The maximum atomic E-state index is 13.3. The summed E-state index contributed by atoms with van der Waals surface area (Å²) < 4.78 is 0. The molecule has 0 radical (unpaired) electrons. The van der Waals surface area contributed by atoms with E-state index in [1.807, 2.05) is 23.1 Å². The first-order valence-corrected chi connectivity index (χ1v) is 10.3. The van der Waals surface area contributed by atoms with Crippen LogP contribution in [0.25, 0.3) is 0 Å². The summed E-state index contributed by atoms with van der Waals surface area (Å²) in [7, 11) is 0. The van der Waals surface area contributed by atoms with Crippen LogP contribution in [0.15, 0.2) is 30.3 Å². The van der Waals surface area contributed by atoms with Crippen molar-refractivity contribution in [1.29, 1.82) is 0 Å². The Morgan fingerprint density at radius 2 is 1.65 bits per heavy atom. The second-order valence-electron chi connectivity index (χ2n) is 8.40. The van der Waals surface area contributed by atoms with E-state index in [1.54, 1.807) is 0 Å². The SMILES string of the molecule is CC(C1CC1)N(Cc1ccccc1)C(=O)C1CCN(C(=O)C2CC2)CC1. The van der Waals surface area contributed by atoms with Gasteiger partial charge in [-0.05, 0) is 56.9 Å². The van der Waals surface area contributed by atoms with Crippen LogP contribution in [0.1, 0.15) is 51.0 Å². The molecular weight excluding hydrogens is 324 g/mol. The van der Waals surface area contributed by atoms with Gasteiger partial charge in [0.15, 0.2) is 0 Å².